The molecule has 0 spiro atoms. The zero-order valence-electron chi connectivity index (χ0n) is 13.7. The molecule has 0 saturated carbocycles. The molecule has 0 fully saturated rings. The molecule has 120 valence electrons. The highest BCUT2D eigenvalue weighted by Gasteiger charge is 2.14. The Kier molecular flexibility index (Phi) is 6.40. The van der Waals surface area contributed by atoms with Gasteiger partial charge in [-0.3, -0.25) is 9.47 Å². The lowest BCUT2D eigenvalue weighted by atomic mass is 10.2. The number of nitrogen functional groups attached to an aromatic ring is 1. The number of anilines is 1. The smallest absolute Gasteiger partial charge is 0.226 e. The van der Waals surface area contributed by atoms with E-state index in [4.69, 9.17) is 5.73 Å². The van der Waals surface area contributed by atoms with E-state index < -0.39 is 0 Å². The van der Waals surface area contributed by atoms with E-state index in [9.17, 15) is 0 Å². The Morgan fingerprint density at radius 3 is 2.23 bits per heavy atom. The summed E-state index contributed by atoms with van der Waals surface area (Å²) in [5, 5.41) is 8.37. The predicted octanol–water partition coefficient (Wildman–Crippen LogP) is 3.25. The van der Waals surface area contributed by atoms with Crippen molar-refractivity contribution in [3.8, 4) is 5.69 Å². The summed E-state index contributed by atoms with van der Waals surface area (Å²) in [6.07, 6.45) is 4.82. The van der Waals surface area contributed by atoms with Gasteiger partial charge in [0, 0.05) is 0 Å². The number of para-hydroxylation sites is 1. The molecule has 0 aliphatic carbocycles. The molecule has 1 aromatic carbocycles. The first kappa shape index (κ1) is 16.5. The molecule has 0 atom stereocenters. The number of hydrogen-bond acceptors (Lipinski definition) is 4. The van der Waals surface area contributed by atoms with Crippen molar-refractivity contribution in [1.29, 1.82) is 0 Å². The van der Waals surface area contributed by atoms with Crippen LogP contribution in [0.3, 0.4) is 0 Å². The van der Waals surface area contributed by atoms with E-state index in [-0.39, 0.29) is 0 Å². The van der Waals surface area contributed by atoms with Crippen molar-refractivity contribution < 1.29 is 0 Å². The van der Waals surface area contributed by atoms with Gasteiger partial charge in [0.15, 0.2) is 5.82 Å². The van der Waals surface area contributed by atoms with Gasteiger partial charge in [-0.1, -0.05) is 44.9 Å². The zero-order valence-corrected chi connectivity index (χ0v) is 13.7. The Bertz CT molecular complexity index is 541. The zero-order chi connectivity index (χ0) is 15.8. The summed E-state index contributed by atoms with van der Waals surface area (Å²) in [4.78, 5) is 2.45. The van der Waals surface area contributed by atoms with E-state index in [1.54, 1.807) is 0 Å². The Morgan fingerprint density at radius 2 is 1.64 bits per heavy atom. The van der Waals surface area contributed by atoms with Gasteiger partial charge in [-0.15, -0.1) is 10.2 Å². The molecule has 1 aromatic heterocycles. The maximum absolute atomic E-state index is 6.02. The van der Waals surface area contributed by atoms with E-state index >= 15 is 0 Å². The molecule has 0 radical (unpaired) electrons. The summed E-state index contributed by atoms with van der Waals surface area (Å²) in [6, 6.07) is 10.1. The van der Waals surface area contributed by atoms with Gasteiger partial charge in [0.05, 0.1) is 12.2 Å². The maximum atomic E-state index is 6.02. The summed E-state index contributed by atoms with van der Waals surface area (Å²) in [6.45, 7) is 7.43. The van der Waals surface area contributed by atoms with Crippen LogP contribution in [0.25, 0.3) is 5.69 Å². The monoisotopic (exact) mass is 301 g/mol. The van der Waals surface area contributed by atoms with Crippen LogP contribution in [-0.2, 0) is 6.54 Å². The van der Waals surface area contributed by atoms with Gasteiger partial charge in [0.1, 0.15) is 0 Å². The number of benzene rings is 1. The molecule has 1 heterocycles. The Hall–Kier alpha value is -1.88. The molecule has 22 heavy (non-hydrogen) atoms. The van der Waals surface area contributed by atoms with Crippen molar-refractivity contribution in [1.82, 2.24) is 19.7 Å². The highest BCUT2D eigenvalue weighted by Crippen LogP contribution is 2.16. The highest BCUT2D eigenvalue weighted by molar-refractivity contribution is 5.39. The van der Waals surface area contributed by atoms with E-state index in [1.165, 1.54) is 25.7 Å². The van der Waals surface area contributed by atoms with Crippen LogP contribution < -0.4 is 5.73 Å². The summed E-state index contributed by atoms with van der Waals surface area (Å²) < 4.78 is 1.95. The van der Waals surface area contributed by atoms with Crippen molar-refractivity contribution in [2.24, 2.45) is 0 Å². The number of nitrogens with zero attached hydrogens (tertiary/aromatic N) is 4. The topological polar surface area (TPSA) is 60.0 Å². The first-order chi connectivity index (χ1) is 10.8. The Labute approximate surface area is 133 Å². The summed E-state index contributed by atoms with van der Waals surface area (Å²) >= 11 is 0. The number of hydrogen-bond donors (Lipinski definition) is 1. The van der Waals surface area contributed by atoms with Gasteiger partial charge in [0.25, 0.3) is 0 Å². The Balaban J connectivity index is 2.17. The van der Waals surface area contributed by atoms with Gasteiger partial charge in [-0.25, -0.2) is 0 Å². The predicted molar refractivity (Wildman–Crippen MR) is 90.9 cm³/mol. The second-order valence-corrected chi connectivity index (χ2v) is 5.63. The first-order valence-corrected chi connectivity index (χ1v) is 8.23. The molecular weight excluding hydrogens is 274 g/mol. The third-order valence-electron chi connectivity index (χ3n) is 3.79. The second kappa shape index (κ2) is 8.54. The number of nitrogens with two attached hydrogens (primary N) is 1. The van der Waals surface area contributed by atoms with Gasteiger partial charge >= 0.3 is 0 Å². The van der Waals surface area contributed by atoms with E-state index in [1.807, 2.05) is 34.9 Å². The molecule has 0 unspecified atom stereocenters. The van der Waals surface area contributed by atoms with E-state index in [2.05, 4.69) is 28.9 Å². The number of aromatic nitrogens is 3. The molecule has 5 heteroatoms. The lowest BCUT2D eigenvalue weighted by Gasteiger charge is -2.21. The van der Waals surface area contributed by atoms with Crippen molar-refractivity contribution in [3.05, 3.63) is 36.2 Å². The molecule has 0 amide bonds. The van der Waals surface area contributed by atoms with Gasteiger partial charge < -0.3 is 5.73 Å². The largest absolute Gasteiger partial charge is 0.368 e. The normalized spacial score (nSPS) is 11.2. The minimum absolute atomic E-state index is 0.451. The molecule has 0 saturated heterocycles. The van der Waals surface area contributed by atoms with Crippen LogP contribution in [0.1, 0.15) is 45.4 Å². The number of rotatable bonds is 9. The fourth-order valence-electron chi connectivity index (χ4n) is 2.52. The molecule has 0 aliphatic rings. The van der Waals surface area contributed by atoms with Crippen LogP contribution >= 0.6 is 0 Å². The minimum atomic E-state index is 0.451. The fraction of sp³-hybridized carbons (Fsp3) is 0.529. The molecule has 5 nitrogen and oxygen atoms in total. The lowest BCUT2D eigenvalue weighted by molar-refractivity contribution is 0.249. The van der Waals surface area contributed by atoms with E-state index in [0.29, 0.717) is 5.95 Å². The van der Waals surface area contributed by atoms with Crippen LogP contribution in [0.15, 0.2) is 30.3 Å². The van der Waals surface area contributed by atoms with Crippen LogP contribution in [0.4, 0.5) is 5.95 Å². The molecule has 0 aliphatic heterocycles. The van der Waals surface area contributed by atoms with Crippen LogP contribution in [0.2, 0.25) is 0 Å². The van der Waals surface area contributed by atoms with Crippen molar-refractivity contribution in [2.45, 2.75) is 46.1 Å². The first-order valence-electron chi connectivity index (χ1n) is 8.23. The van der Waals surface area contributed by atoms with Gasteiger partial charge in [-0.05, 0) is 38.1 Å². The summed E-state index contributed by atoms with van der Waals surface area (Å²) in [5.74, 6) is 1.36. The van der Waals surface area contributed by atoms with Crippen LogP contribution in [0.5, 0.6) is 0 Å². The molecule has 2 N–H and O–H groups in total. The van der Waals surface area contributed by atoms with Crippen LogP contribution in [-0.4, -0.2) is 32.8 Å². The average molecular weight is 301 g/mol. The third kappa shape index (κ3) is 4.31. The average Bonchev–Trinajstić information content (AvgIpc) is 2.91. The quantitative estimate of drug-likeness (QED) is 0.772. The third-order valence-corrected chi connectivity index (χ3v) is 3.79. The number of unbranched alkanes of at least 4 members (excludes halogenated alkanes) is 2. The van der Waals surface area contributed by atoms with Crippen LogP contribution in [0, 0.1) is 0 Å². The lowest BCUT2D eigenvalue weighted by Crippen LogP contribution is -2.27. The van der Waals surface area contributed by atoms with Crippen molar-refractivity contribution in [2.75, 3.05) is 18.8 Å². The molecule has 0 bridgehead atoms. The SMILES string of the molecule is CCCCN(CCCC)Cc1nnc(N)n1-c1ccccc1. The second-order valence-electron chi connectivity index (χ2n) is 5.63. The van der Waals surface area contributed by atoms with Crippen molar-refractivity contribution in [3.63, 3.8) is 0 Å². The molecule has 2 rings (SSSR count). The van der Waals surface area contributed by atoms with Crippen molar-refractivity contribution >= 4 is 5.95 Å². The summed E-state index contributed by atoms with van der Waals surface area (Å²) in [7, 11) is 0. The standard InChI is InChI=1S/C17H27N5/c1-3-5-12-21(13-6-4-2)14-16-19-20-17(18)22(16)15-10-8-7-9-11-15/h7-11H,3-6,12-14H2,1-2H3,(H2,18,20). The minimum Gasteiger partial charge on any atom is -0.368 e. The maximum Gasteiger partial charge on any atom is 0.226 e. The van der Waals surface area contributed by atoms with Gasteiger partial charge in [0.2, 0.25) is 5.95 Å². The van der Waals surface area contributed by atoms with Gasteiger partial charge in [-0.2, -0.15) is 0 Å². The Morgan fingerprint density at radius 1 is 1.00 bits per heavy atom. The summed E-state index contributed by atoms with van der Waals surface area (Å²) in [5.41, 5.74) is 7.04. The molecular formula is C17H27N5. The van der Waals surface area contributed by atoms with E-state index in [0.717, 1.165) is 31.1 Å². The molecule has 2 aromatic rings. The highest BCUT2D eigenvalue weighted by atomic mass is 15.3. The fourth-order valence-corrected chi connectivity index (χ4v) is 2.52.